The van der Waals surface area contributed by atoms with Crippen molar-refractivity contribution < 1.29 is 47.5 Å². The Morgan fingerprint density at radius 1 is 0.889 bits per heavy atom. The van der Waals surface area contributed by atoms with Crippen molar-refractivity contribution in [1.82, 2.24) is 19.5 Å². The highest BCUT2D eigenvalue weighted by Gasteiger charge is 2.46. The van der Waals surface area contributed by atoms with Crippen molar-refractivity contribution >= 4 is 34.6 Å². The van der Waals surface area contributed by atoms with Crippen molar-refractivity contribution in [3.8, 4) is 0 Å². The molecule has 2 aromatic heterocycles. The molecule has 6 atom stereocenters. The number of aliphatic carboxylic acids is 1. The van der Waals surface area contributed by atoms with Crippen LogP contribution in [-0.4, -0.2) is 109 Å². The molecule has 13 nitrogen and oxygen atoms in total. The van der Waals surface area contributed by atoms with E-state index < -0.39 is 43.3 Å². The fraction of sp³-hybridized carbons (Fsp3) is 0.351. The van der Waals surface area contributed by atoms with Gasteiger partial charge in [0.05, 0.1) is 19.0 Å². The second-order valence-electron chi connectivity index (χ2n) is 13.3. The molecule has 0 unspecified atom stereocenters. The van der Waals surface area contributed by atoms with Crippen LogP contribution in [0.5, 0.6) is 0 Å². The number of carboxylic acids is 1. The highest BCUT2D eigenvalue weighted by Crippen LogP contribution is 2.39. The second kappa shape index (κ2) is 15.2. The van der Waals surface area contributed by atoms with Gasteiger partial charge in [-0.2, -0.15) is 23.1 Å². The standard InChI is InChI=1S/C35H36FN7O4.C2HF3O2/c36-23-11-13-24(14-12-23)41-17-26-15-25(41)18-42(26)35-39-32(37-16-27(21-7-3-1-4-8-21)22-9-5-2-6-10-22)29-33(40-35)43(20-38-29)34-31(46)30(45)28(19-44)47-34;3-2(4,5)1(6)7/h1-14,20,25-28,30-31,34,44-46H,15-19H2,(H,37,39,40);(H,6,7)/t25-,26-,28+,30+,31+,34+;/m0./s1. The number of imidazole rings is 1. The molecule has 3 aliphatic rings. The van der Waals surface area contributed by atoms with E-state index in [0.29, 0.717) is 36.0 Å². The molecule has 3 aromatic carbocycles. The predicted octanol–water partition coefficient (Wildman–Crippen LogP) is 3.92. The van der Waals surface area contributed by atoms with Gasteiger partial charge in [0, 0.05) is 37.3 Å². The van der Waals surface area contributed by atoms with Crippen LogP contribution in [0.3, 0.4) is 0 Å². The number of halogens is 4. The summed E-state index contributed by atoms with van der Waals surface area (Å²) in [6, 6.07) is 27.6. The molecule has 8 rings (SSSR count). The zero-order valence-corrected chi connectivity index (χ0v) is 28.5. The molecular formula is C37H37F4N7O6. The van der Waals surface area contributed by atoms with Crippen molar-refractivity contribution in [2.24, 2.45) is 0 Å². The number of nitrogens with one attached hydrogen (secondary N) is 1. The lowest BCUT2D eigenvalue weighted by atomic mass is 9.91. The summed E-state index contributed by atoms with van der Waals surface area (Å²) in [7, 11) is 0. The van der Waals surface area contributed by atoms with E-state index in [1.165, 1.54) is 18.5 Å². The van der Waals surface area contributed by atoms with E-state index in [9.17, 15) is 32.9 Å². The monoisotopic (exact) mass is 751 g/mol. The quantitative estimate of drug-likeness (QED) is 0.138. The molecule has 0 aliphatic carbocycles. The molecule has 0 saturated carbocycles. The third kappa shape index (κ3) is 7.39. The van der Waals surface area contributed by atoms with Crippen LogP contribution >= 0.6 is 0 Å². The number of hydrogen-bond donors (Lipinski definition) is 5. The van der Waals surface area contributed by atoms with Gasteiger partial charge in [0.25, 0.3) is 0 Å². The molecule has 284 valence electrons. The smallest absolute Gasteiger partial charge is 0.475 e. The maximum Gasteiger partial charge on any atom is 0.490 e. The van der Waals surface area contributed by atoms with E-state index >= 15 is 0 Å². The van der Waals surface area contributed by atoms with Crippen LogP contribution in [0.15, 0.2) is 91.3 Å². The van der Waals surface area contributed by atoms with Crippen LogP contribution in [0.4, 0.5) is 35.0 Å². The first kappa shape index (κ1) is 37.0. The number of aromatic nitrogens is 4. The summed E-state index contributed by atoms with van der Waals surface area (Å²) >= 11 is 0. The van der Waals surface area contributed by atoms with Gasteiger partial charge in [-0.3, -0.25) is 4.57 Å². The third-order valence-electron chi connectivity index (χ3n) is 9.98. The molecule has 0 spiro atoms. The molecule has 17 heteroatoms. The number of piperazine rings is 1. The Balaban J connectivity index is 0.000000588. The SMILES string of the molecule is O=C(O)C(F)(F)F.OC[C@H]1O[C@@H](n2cnc3c(NCC(c4ccccc4)c4ccccc4)nc(N4C[C@@H]5C[C@H]4CN5c4ccc(F)cc4)nc32)[C@H](O)[C@@H]1O. The van der Waals surface area contributed by atoms with Gasteiger partial charge < -0.3 is 40.3 Å². The molecule has 2 bridgehead atoms. The van der Waals surface area contributed by atoms with Crippen LogP contribution < -0.4 is 15.1 Å². The van der Waals surface area contributed by atoms with Gasteiger partial charge in [0.1, 0.15) is 24.1 Å². The van der Waals surface area contributed by atoms with E-state index in [1.54, 1.807) is 4.57 Å². The highest BCUT2D eigenvalue weighted by molar-refractivity contribution is 5.84. The number of hydrogen-bond acceptors (Lipinski definition) is 11. The fourth-order valence-electron chi connectivity index (χ4n) is 7.31. The summed E-state index contributed by atoms with van der Waals surface area (Å²) in [4.78, 5) is 28.1. The van der Waals surface area contributed by atoms with E-state index in [2.05, 4.69) is 44.4 Å². The summed E-state index contributed by atoms with van der Waals surface area (Å²) in [5.41, 5.74) is 4.26. The number of carboxylic acid groups (broad SMARTS) is 1. The number of aliphatic hydroxyl groups excluding tert-OH is 3. The molecule has 0 amide bonds. The summed E-state index contributed by atoms with van der Waals surface area (Å²) in [6.45, 7) is 1.53. The van der Waals surface area contributed by atoms with Gasteiger partial charge in [-0.1, -0.05) is 60.7 Å². The largest absolute Gasteiger partial charge is 0.490 e. The van der Waals surface area contributed by atoms with Gasteiger partial charge in [0.2, 0.25) is 5.95 Å². The number of nitrogens with zero attached hydrogens (tertiary/aromatic N) is 6. The summed E-state index contributed by atoms with van der Waals surface area (Å²) in [5, 5.41) is 41.8. The highest BCUT2D eigenvalue weighted by atomic mass is 19.4. The minimum absolute atomic E-state index is 0.0282. The van der Waals surface area contributed by atoms with E-state index in [1.807, 2.05) is 48.5 Å². The zero-order chi connectivity index (χ0) is 38.1. The van der Waals surface area contributed by atoms with Gasteiger partial charge in [0.15, 0.2) is 23.2 Å². The Labute approximate surface area is 306 Å². The number of ether oxygens (including phenoxy) is 1. The van der Waals surface area contributed by atoms with Gasteiger partial charge in [-0.15, -0.1) is 0 Å². The normalized spacial score (nSPS) is 23.6. The number of alkyl halides is 3. The van der Waals surface area contributed by atoms with Crippen molar-refractivity contribution in [2.45, 2.75) is 55.1 Å². The van der Waals surface area contributed by atoms with E-state index in [4.69, 9.17) is 24.6 Å². The average molecular weight is 752 g/mol. The molecule has 3 fully saturated rings. The number of anilines is 3. The number of rotatable bonds is 9. The van der Waals surface area contributed by atoms with Crippen LogP contribution in [0.1, 0.15) is 29.7 Å². The summed E-state index contributed by atoms with van der Waals surface area (Å²) in [5.74, 6) is -1.91. The fourth-order valence-corrected chi connectivity index (χ4v) is 7.31. The summed E-state index contributed by atoms with van der Waals surface area (Å²) < 4.78 is 52.8. The van der Waals surface area contributed by atoms with Crippen molar-refractivity contribution in [3.63, 3.8) is 0 Å². The van der Waals surface area contributed by atoms with Crippen molar-refractivity contribution in [1.29, 1.82) is 0 Å². The zero-order valence-electron chi connectivity index (χ0n) is 28.5. The average Bonchev–Trinajstić information content (AvgIpc) is 3.96. The lowest BCUT2D eigenvalue weighted by molar-refractivity contribution is -0.192. The Morgan fingerprint density at radius 2 is 1.48 bits per heavy atom. The topological polar surface area (TPSA) is 169 Å². The van der Waals surface area contributed by atoms with Gasteiger partial charge in [-0.25, -0.2) is 14.2 Å². The van der Waals surface area contributed by atoms with Gasteiger partial charge in [-0.05, 0) is 41.8 Å². The van der Waals surface area contributed by atoms with Crippen LogP contribution in [-0.2, 0) is 9.53 Å². The first-order valence-electron chi connectivity index (χ1n) is 17.2. The van der Waals surface area contributed by atoms with Crippen LogP contribution in [0.25, 0.3) is 11.2 Å². The Morgan fingerprint density at radius 3 is 2.02 bits per heavy atom. The Bertz CT molecular complexity index is 2020. The lowest BCUT2D eigenvalue weighted by Crippen LogP contribution is -2.47. The molecule has 3 saturated heterocycles. The van der Waals surface area contributed by atoms with E-state index in [-0.39, 0.29) is 23.8 Å². The predicted molar refractivity (Wildman–Crippen MR) is 189 cm³/mol. The maximum absolute atomic E-state index is 13.6. The number of fused-ring (bicyclic) bond motifs is 3. The second-order valence-corrected chi connectivity index (χ2v) is 13.3. The molecule has 5 heterocycles. The van der Waals surface area contributed by atoms with E-state index in [0.717, 1.165) is 29.8 Å². The molecule has 3 aliphatic heterocycles. The van der Waals surface area contributed by atoms with Crippen molar-refractivity contribution in [2.75, 3.05) is 41.4 Å². The molecular weight excluding hydrogens is 714 g/mol. The Kier molecular flexibility index (Phi) is 10.4. The molecule has 0 radical (unpaired) electrons. The number of aliphatic hydroxyl groups is 3. The van der Waals surface area contributed by atoms with Crippen LogP contribution in [0, 0.1) is 5.82 Å². The number of carbonyl (C=O) groups is 1. The summed E-state index contributed by atoms with van der Waals surface area (Å²) in [6.07, 6.45) is -7.10. The maximum atomic E-state index is 13.6. The lowest BCUT2D eigenvalue weighted by Gasteiger charge is -2.35. The first-order chi connectivity index (χ1) is 25.9. The van der Waals surface area contributed by atoms with Crippen molar-refractivity contribution in [3.05, 3.63) is 108 Å². The minimum Gasteiger partial charge on any atom is -0.475 e. The van der Waals surface area contributed by atoms with Gasteiger partial charge >= 0.3 is 12.1 Å². The third-order valence-corrected chi connectivity index (χ3v) is 9.98. The minimum atomic E-state index is -5.08. The first-order valence-corrected chi connectivity index (χ1v) is 17.2. The molecule has 54 heavy (non-hydrogen) atoms. The molecule has 5 N–H and O–H groups in total. The number of benzene rings is 3. The molecule has 5 aromatic rings. The van der Waals surface area contributed by atoms with Crippen LogP contribution in [0.2, 0.25) is 0 Å². The Hall–Kier alpha value is -5.36.